The van der Waals surface area contributed by atoms with Gasteiger partial charge in [-0.15, -0.1) is 0 Å². The van der Waals surface area contributed by atoms with Gasteiger partial charge in [0.2, 0.25) is 0 Å². The molecule has 186 valence electrons. The highest BCUT2D eigenvalue weighted by atomic mass is 14.2. The van der Waals surface area contributed by atoms with E-state index in [1.165, 1.54) is 0 Å². The van der Waals surface area contributed by atoms with E-state index in [0.29, 0.717) is 0 Å². The van der Waals surface area contributed by atoms with Crippen LogP contribution in [0.4, 0.5) is 0 Å². The lowest BCUT2D eigenvalue weighted by atomic mass is 9.82. The fourth-order valence-electron chi connectivity index (χ4n) is 4.75. The van der Waals surface area contributed by atoms with Crippen LogP contribution < -0.4 is 0 Å². The Morgan fingerprint density at radius 3 is 0.725 bits per heavy atom. The first-order valence-electron chi connectivity index (χ1n) is 24.8. The molecule has 0 aromatic heterocycles. The van der Waals surface area contributed by atoms with Crippen molar-refractivity contribution in [3.8, 4) is 44.5 Å². The van der Waals surface area contributed by atoms with E-state index in [1.54, 1.807) is 0 Å². The molecule has 0 amide bonds. The second-order valence-electron chi connectivity index (χ2n) is 8.50. The predicted molar refractivity (Wildman–Crippen MR) is 172 cm³/mol. The number of rotatable bonds is 4. The molecule has 0 radical (unpaired) electrons. The van der Waals surface area contributed by atoms with E-state index in [2.05, 4.69) is 0 Å². The van der Waals surface area contributed by atoms with Gasteiger partial charge in [0.25, 0.3) is 0 Å². The molecule has 0 aliphatic carbocycles. The van der Waals surface area contributed by atoms with Crippen LogP contribution in [0.1, 0.15) is 35.6 Å². The van der Waals surface area contributed by atoms with Crippen molar-refractivity contribution in [2.45, 2.75) is 0 Å². The lowest BCUT2D eigenvalue weighted by Crippen LogP contribution is -1.94. The van der Waals surface area contributed by atoms with Gasteiger partial charge in [0, 0.05) is 0 Å². The Morgan fingerprint density at radius 1 is 0.275 bits per heavy atom. The fourth-order valence-corrected chi connectivity index (χ4v) is 4.75. The van der Waals surface area contributed by atoms with Gasteiger partial charge in [0.15, 0.2) is 0 Å². The summed E-state index contributed by atoms with van der Waals surface area (Å²) in [6.07, 6.45) is 0. The minimum Gasteiger partial charge on any atom is -0.0622 e. The molecule has 0 aliphatic rings. The molecule has 0 heterocycles. The molecule has 40 heavy (non-hydrogen) atoms. The Hall–Kier alpha value is -5.20. The maximum absolute atomic E-state index is 9.78. The molecular weight excluding hydrogens is 480 g/mol. The zero-order valence-corrected chi connectivity index (χ0v) is 20.0. The largest absolute Gasteiger partial charge is 0.0636 e. The van der Waals surface area contributed by atoms with Gasteiger partial charge in [0.05, 0.1) is 35.6 Å². The van der Waals surface area contributed by atoms with Gasteiger partial charge >= 0.3 is 0 Å². The van der Waals surface area contributed by atoms with Crippen molar-refractivity contribution in [1.29, 1.82) is 0 Å². The smallest absolute Gasteiger partial charge is 0.0622 e. The fraction of sp³-hybridized carbons (Fsp3) is 0. The van der Waals surface area contributed by atoms with Crippen molar-refractivity contribution < 1.29 is 35.6 Å². The Labute approximate surface area is 270 Å². The number of hydrogen-bond donors (Lipinski definition) is 0. The molecule has 0 spiro atoms. The SMILES string of the molecule is [2H]c1c([2H])c([2H])c(-c2c([2H])c(-c3c([2H])c([2H])c([2H])c([2H])c3[2H])c3c([2H])c([2H])c4c(-c5c([2H])c([2H])c([2H])c([2H])c5[2H])c([2H])c(-c5c([2H])c([2H])c([2H])c([2H])c5[2H])c5c([2H])c([2H])c2c3c54)c([2H])c1[2H]. The van der Waals surface area contributed by atoms with Crippen LogP contribution in [0, 0.1) is 0 Å². The minimum absolute atomic E-state index is 0.552. The zero-order chi connectivity index (χ0) is 49.1. The summed E-state index contributed by atoms with van der Waals surface area (Å²) in [4.78, 5) is 0. The van der Waals surface area contributed by atoms with Gasteiger partial charge in [-0.05, 0) is 88.9 Å². The summed E-state index contributed by atoms with van der Waals surface area (Å²) in [5.41, 5.74) is -6.20. The van der Waals surface area contributed by atoms with Crippen molar-refractivity contribution in [2.24, 2.45) is 0 Å². The molecule has 0 N–H and O–H groups in total. The first-order chi connectivity index (χ1) is 30.7. The standard InChI is InChI=1S/C40H26/c1-5-13-27(14-6-1)35-25-36(28-15-7-2-8-16-28)32-23-24-34-38(30-19-11-4-12-20-30)26-37(29-17-9-3-10-18-29)33-22-21-31(35)39(32)40(33)34/h1-26H/i1D,2D,3D,4D,5D,6D,7D,8D,9D,10D,11D,12D,13D,14D,15D,16D,17D,18D,19D,20D,21D,22D,23D,24D,25D,26D. The molecule has 0 saturated heterocycles. The van der Waals surface area contributed by atoms with Gasteiger partial charge in [-0.1, -0.05) is 145 Å². The summed E-state index contributed by atoms with van der Waals surface area (Å²) < 4.78 is 231. The van der Waals surface area contributed by atoms with Crippen molar-refractivity contribution in [3.05, 3.63) is 157 Å². The topological polar surface area (TPSA) is 0 Å². The summed E-state index contributed by atoms with van der Waals surface area (Å²) in [6, 6.07) is -24.8. The highest BCUT2D eigenvalue weighted by Gasteiger charge is 2.20. The van der Waals surface area contributed by atoms with E-state index in [0.717, 1.165) is 0 Å². The highest BCUT2D eigenvalue weighted by Crippen LogP contribution is 2.48. The Bertz CT molecular complexity index is 3020. The maximum atomic E-state index is 9.78. The van der Waals surface area contributed by atoms with E-state index in [1.807, 2.05) is 0 Å². The second kappa shape index (κ2) is 9.22. The predicted octanol–water partition coefficient (Wildman–Crippen LogP) is 11.3. The molecule has 0 unspecified atom stereocenters. The summed E-state index contributed by atoms with van der Waals surface area (Å²) in [7, 11) is 0. The monoisotopic (exact) mass is 532 g/mol. The van der Waals surface area contributed by atoms with Crippen LogP contribution in [0.25, 0.3) is 76.8 Å². The Kier molecular flexibility index (Phi) is 1.99. The first kappa shape index (κ1) is 8.65. The molecule has 0 bridgehead atoms. The van der Waals surface area contributed by atoms with E-state index in [-0.39, 0.29) is 0 Å². The minimum atomic E-state index is -0.989. The highest BCUT2D eigenvalue weighted by molar-refractivity contribution is 6.31. The molecule has 0 fully saturated rings. The van der Waals surface area contributed by atoms with Crippen LogP contribution in [0.15, 0.2) is 157 Å². The number of benzene rings is 8. The van der Waals surface area contributed by atoms with Gasteiger partial charge in [-0.25, -0.2) is 0 Å². The molecule has 0 saturated carbocycles. The van der Waals surface area contributed by atoms with E-state index < -0.39 is 234 Å². The third-order valence-corrected chi connectivity index (χ3v) is 6.38. The van der Waals surface area contributed by atoms with Crippen LogP contribution in [-0.4, -0.2) is 0 Å². The normalized spacial score (nSPS) is 20.6. The van der Waals surface area contributed by atoms with E-state index in [4.69, 9.17) is 27.4 Å². The third-order valence-electron chi connectivity index (χ3n) is 6.38. The molecule has 0 nitrogen and oxygen atoms in total. The van der Waals surface area contributed by atoms with Crippen LogP contribution in [0.2, 0.25) is 0 Å². The molecular formula is C40H26. The zero-order valence-electron chi connectivity index (χ0n) is 46.0. The lowest BCUT2D eigenvalue weighted by Gasteiger charge is -2.21. The summed E-state index contributed by atoms with van der Waals surface area (Å²) in [5.74, 6) is 0. The first-order valence-corrected chi connectivity index (χ1v) is 11.8. The van der Waals surface area contributed by atoms with Crippen LogP contribution in [0.5, 0.6) is 0 Å². The Balaban J connectivity index is 1.87. The maximum Gasteiger partial charge on any atom is 0.0636 e. The quantitative estimate of drug-likeness (QED) is 0.198. The summed E-state index contributed by atoms with van der Waals surface area (Å²) in [6.45, 7) is 0. The Morgan fingerprint density at radius 2 is 0.500 bits per heavy atom. The van der Waals surface area contributed by atoms with Gasteiger partial charge in [-0.3, -0.25) is 0 Å². The second-order valence-corrected chi connectivity index (χ2v) is 8.50. The van der Waals surface area contributed by atoms with Crippen molar-refractivity contribution in [3.63, 3.8) is 0 Å². The number of hydrogen-bond acceptors (Lipinski definition) is 0. The molecule has 8 aromatic carbocycles. The van der Waals surface area contributed by atoms with Crippen LogP contribution in [-0.2, 0) is 0 Å². The average molecular weight is 533 g/mol. The summed E-state index contributed by atoms with van der Waals surface area (Å²) >= 11 is 0. The summed E-state index contributed by atoms with van der Waals surface area (Å²) in [5, 5.41) is -3.72. The third kappa shape index (κ3) is 3.54. The van der Waals surface area contributed by atoms with Gasteiger partial charge < -0.3 is 0 Å². The van der Waals surface area contributed by atoms with Crippen molar-refractivity contribution in [1.82, 2.24) is 0 Å². The van der Waals surface area contributed by atoms with Crippen LogP contribution in [0.3, 0.4) is 0 Å². The molecule has 0 heteroatoms. The van der Waals surface area contributed by atoms with Crippen LogP contribution >= 0.6 is 0 Å². The van der Waals surface area contributed by atoms with Crippen molar-refractivity contribution in [2.75, 3.05) is 0 Å². The molecule has 0 aliphatic heterocycles. The van der Waals surface area contributed by atoms with Gasteiger partial charge in [-0.2, -0.15) is 0 Å². The average Bonchev–Trinajstić information content (AvgIpc) is 3.28. The van der Waals surface area contributed by atoms with E-state index >= 15 is 0 Å². The molecule has 8 rings (SSSR count). The van der Waals surface area contributed by atoms with Gasteiger partial charge in [0.1, 0.15) is 0 Å². The molecule has 8 aromatic rings. The van der Waals surface area contributed by atoms with E-state index in [9.17, 15) is 8.22 Å². The van der Waals surface area contributed by atoms with Crippen molar-refractivity contribution >= 4 is 32.3 Å². The lowest BCUT2D eigenvalue weighted by molar-refractivity contribution is 1.62. The molecule has 0 atom stereocenters.